The molecule has 0 bridgehead atoms. The molecule has 1 amide bonds. The van der Waals surface area contributed by atoms with Crippen molar-refractivity contribution in [2.24, 2.45) is 0 Å². The summed E-state index contributed by atoms with van der Waals surface area (Å²) in [6.45, 7) is 2.91. The van der Waals surface area contributed by atoms with Crippen LogP contribution in [-0.4, -0.2) is 44.9 Å². The van der Waals surface area contributed by atoms with E-state index in [1.165, 1.54) is 23.7 Å². The zero-order valence-corrected chi connectivity index (χ0v) is 12.2. The minimum Gasteiger partial charge on any atom is -0.336 e. The van der Waals surface area contributed by atoms with Gasteiger partial charge in [0.05, 0.1) is 12.2 Å². The van der Waals surface area contributed by atoms with Gasteiger partial charge in [-0.3, -0.25) is 9.69 Å². The van der Waals surface area contributed by atoms with Crippen LogP contribution in [0.2, 0.25) is 0 Å². The van der Waals surface area contributed by atoms with Crippen LogP contribution in [0.25, 0.3) is 0 Å². The highest BCUT2D eigenvalue weighted by Gasteiger charge is 2.24. The normalized spacial score (nSPS) is 16.4. The molecule has 2 aromatic rings. The molecule has 0 atom stereocenters. The molecule has 21 heavy (non-hydrogen) atoms. The molecule has 7 heteroatoms. The summed E-state index contributed by atoms with van der Waals surface area (Å²) in [5.41, 5.74) is 1.71. The number of aromatic nitrogens is 2. The Morgan fingerprint density at radius 2 is 2.19 bits per heavy atom. The molecular formula is C14H15FN4OS. The maximum absolute atomic E-state index is 13.2. The molecule has 5 nitrogen and oxygen atoms in total. The Hall–Kier alpha value is -1.86. The highest BCUT2D eigenvalue weighted by atomic mass is 32.1. The largest absolute Gasteiger partial charge is 0.336 e. The van der Waals surface area contributed by atoms with Gasteiger partial charge in [-0.05, 0) is 29.2 Å². The van der Waals surface area contributed by atoms with Crippen molar-refractivity contribution >= 4 is 17.4 Å². The van der Waals surface area contributed by atoms with Crippen molar-refractivity contribution in [3.63, 3.8) is 0 Å². The summed E-state index contributed by atoms with van der Waals surface area (Å²) in [5, 5.41) is 5.88. The van der Waals surface area contributed by atoms with Crippen LogP contribution >= 0.6 is 11.5 Å². The summed E-state index contributed by atoms with van der Waals surface area (Å²) in [5.74, 6) is -0.205. The number of carbonyl (C=O) groups is 1. The molecule has 0 radical (unpaired) electrons. The van der Waals surface area contributed by atoms with Crippen molar-refractivity contribution < 1.29 is 9.18 Å². The van der Waals surface area contributed by atoms with Crippen molar-refractivity contribution in [3.8, 4) is 0 Å². The molecule has 2 heterocycles. The Bertz CT molecular complexity index is 619. The summed E-state index contributed by atoms with van der Waals surface area (Å²) < 4.78 is 17.0. The van der Waals surface area contributed by atoms with Gasteiger partial charge in [-0.25, -0.2) is 4.39 Å². The highest BCUT2D eigenvalue weighted by Crippen LogP contribution is 2.12. The van der Waals surface area contributed by atoms with Crippen molar-refractivity contribution in [1.82, 2.24) is 19.4 Å². The fourth-order valence-corrected chi connectivity index (χ4v) is 2.84. The molecule has 1 aromatic carbocycles. The average molecular weight is 306 g/mol. The first kappa shape index (κ1) is 14.1. The fourth-order valence-electron chi connectivity index (χ4n) is 2.40. The lowest BCUT2D eigenvalue weighted by atomic mass is 10.2. The quantitative estimate of drug-likeness (QED) is 0.859. The maximum Gasteiger partial charge on any atom is 0.237 e. The zero-order valence-electron chi connectivity index (χ0n) is 11.4. The van der Waals surface area contributed by atoms with Gasteiger partial charge in [0.25, 0.3) is 0 Å². The SMILES string of the molecule is O=C1CN(Cc2csnn2)CCN1Cc1cccc(F)c1. The molecule has 1 aliphatic rings. The topological polar surface area (TPSA) is 49.3 Å². The van der Waals surface area contributed by atoms with Crippen molar-refractivity contribution in [3.05, 3.63) is 46.7 Å². The van der Waals surface area contributed by atoms with Gasteiger partial charge in [0.1, 0.15) is 5.82 Å². The Balaban J connectivity index is 1.57. The van der Waals surface area contributed by atoms with E-state index in [0.717, 1.165) is 17.8 Å². The number of piperazine rings is 1. The second-order valence-electron chi connectivity index (χ2n) is 5.05. The zero-order chi connectivity index (χ0) is 14.7. The first-order valence-electron chi connectivity index (χ1n) is 6.71. The van der Waals surface area contributed by atoms with Gasteiger partial charge in [-0.1, -0.05) is 16.6 Å². The average Bonchev–Trinajstić information content (AvgIpc) is 2.95. The van der Waals surface area contributed by atoms with E-state index >= 15 is 0 Å². The Kier molecular flexibility index (Phi) is 4.21. The van der Waals surface area contributed by atoms with Gasteiger partial charge in [0.15, 0.2) is 0 Å². The molecule has 0 unspecified atom stereocenters. The second kappa shape index (κ2) is 6.28. The summed E-state index contributed by atoms with van der Waals surface area (Å²) in [7, 11) is 0. The van der Waals surface area contributed by atoms with Gasteiger partial charge >= 0.3 is 0 Å². The lowest BCUT2D eigenvalue weighted by molar-refractivity contribution is -0.136. The number of hydrogen-bond donors (Lipinski definition) is 0. The molecule has 0 aliphatic carbocycles. The third-order valence-corrected chi connectivity index (χ3v) is 4.00. The van der Waals surface area contributed by atoms with E-state index in [9.17, 15) is 9.18 Å². The highest BCUT2D eigenvalue weighted by molar-refractivity contribution is 7.03. The minimum atomic E-state index is -0.269. The Morgan fingerprint density at radius 3 is 2.90 bits per heavy atom. The standard InChI is InChI=1S/C14H15FN4OS/c15-12-3-1-2-11(6-12)7-19-5-4-18(9-14(19)20)8-13-10-21-17-16-13/h1-3,6,10H,4-5,7-9H2. The molecule has 1 aromatic heterocycles. The van der Waals surface area contributed by atoms with E-state index in [2.05, 4.69) is 14.5 Å². The molecule has 0 N–H and O–H groups in total. The van der Waals surface area contributed by atoms with E-state index in [4.69, 9.17) is 0 Å². The number of hydrogen-bond acceptors (Lipinski definition) is 5. The van der Waals surface area contributed by atoms with E-state index in [1.807, 2.05) is 11.4 Å². The van der Waals surface area contributed by atoms with Crippen LogP contribution in [0.3, 0.4) is 0 Å². The summed E-state index contributed by atoms with van der Waals surface area (Å²) in [4.78, 5) is 16.0. The number of nitrogens with zero attached hydrogens (tertiary/aromatic N) is 4. The van der Waals surface area contributed by atoms with Crippen LogP contribution in [0.15, 0.2) is 29.6 Å². The van der Waals surface area contributed by atoms with E-state index in [1.54, 1.807) is 11.0 Å². The molecule has 1 fully saturated rings. The second-order valence-corrected chi connectivity index (χ2v) is 5.66. The van der Waals surface area contributed by atoms with E-state index in [-0.39, 0.29) is 11.7 Å². The number of carbonyl (C=O) groups excluding carboxylic acids is 1. The lowest BCUT2D eigenvalue weighted by Gasteiger charge is -2.34. The summed E-state index contributed by atoms with van der Waals surface area (Å²) in [6, 6.07) is 6.38. The molecule has 0 saturated carbocycles. The lowest BCUT2D eigenvalue weighted by Crippen LogP contribution is -2.49. The van der Waals surface area contributed by atoms with Crippen molar-refractivity contribution in [2.45, 2.75) is 13.1 Å². The minimum absolute atomic E-state index is 0.0636. The smallest absolute Gasteiger partial charge is 0.237 e. The predicted octanol–water partition coefficient (Wildman–Crippen LogP) is 1.52. The van der Waals surface area contributed by atoms with Crippen molar-refractivity contribution in [2.75, 3.05) is 19.6 Å². The number of rotatable bonds is 4. The monoisotopic (exact) mass is 306 g/mol. The molecular weight excluding hydrogens is 291 g/mol. The molecule has 110 valence electrons. The molecule has 3 rings (SSSR count). The third kappa shape index (κ3) is 3.62. The van der Waals surface area contributed by atoms with Crippen LogP contribution in [0.1, 0.15) is 11.3 Å². The first-order chi connectivity index (χ1) is 10.2. The number of amides is 1. The maximum atomic E-state index is 13.2. The Morgan fingerprint density at radius 1 is 1.29 bits per heavy atom. The molecule has 1 aliphatic heterocycles. The third-order valence-electron chi connectivity index (χ3n) is 3.45. The molecule has 0 spiro atoms. The van der Waals surface area contributed by atoms with Crippen LogP contribution < -0.4 is 0 Å². The summed E-state index contributed by atoms with van der Waals surface area (Å²) >= 11 is 1.31. The van der Waals surface area contributed by atoms with Crippen molar-refractivity contribution in [1.29, 1.82) is 0 Å². The number of halogens is 1. The Labute approximate surface area is 126 Å². The van der Waals surface area contributed by atoms with Gasteiger partial charge in [-0.15, -0.1) is 5.10 Å². The predicted molar refractivity (Wildman–Crippen MR) is 77.0 cm³/mol. The molecule has 1 saturated heterocycles. The van der Waals surface area contributed by atoms with Gasteiger partial charge in [-0.2, -0.15) is 0 Å². The van der Waals surface area contributed by atoms with Gasteiger partial charge in [0.2, 0.25) is 5.91 Å². The van der Waals surface area contributed by atoms with Gasteiger partial charge in [0, 0.05) is 31.6 Å². The van der Waals surface area contributed by atoms with E-state index in [0.29, 0.717) is 26.2 Å². The van der Waals surface area contributed by atoms with Gasteiger partial charge < -0.3 is 4.90 Å². The fraction of sp³-hybridized carbons (Fsp3) is 0.357. The number of benzene rings is 1. The van der Waals surface area contributed by atoms with Crippen LogP contribution in [0.5, 0.6) is 0 Å². The summed E-state index contributed by atoms with van der Waals surface area (Å²) in [6.07, 6.45) is 0. The first-order valence-corrected chi connectivity index (χ1v) is 7.55. The van der Waals surface area contributed by atoms with E-state index < -0.39 is 0 Å². The van der Waals surface area contributed by atoms with Crippen LogP contribution in [0, 0.1) is 5.82 Å². The van der Waals surface area contributed by atoms with Crippen LogP contribution in [0.4, 0.5) is 4.39 Å². The van der Waals surface area contributed by atoms with Crippen LogP contribution in [-0.2, 0) is 17.9 Å².